The number of fused-ring (bicyclic) bond motifs is 2. The normalized spacial score (nSPS) is 27.5. The van der Waals surface area contributed by atoms with Crippen LogP contribution in [0, 0.1) is 5.92 Å². The van der Waals surface area contributed by atoms with Crippen LogP contribution in [0.15, 0.2) is 30.3 Å². The molecule has 4 nitrogen and oxygen atoms in total. The van der Waals surface area contributed by atoms with Crippen LogP contribution in [0.5, 0.6) is 17.2 Å². The first-order chi connectivity index (χ1) is 11.4. The number of ether oxygens (including phenoxy) is 3. The molecule has 4 rings (SSSR count). The number of rotatable bonds is 1. The molecule has 2 heterocycles. The molecule has 0 bridgehead atoms. The van der Waals surface area contributed by atoms with Crippen molar-refractivity contribution in [2.75, 3.05) is 6.79 Å². The van der Waals surface area contributed by atoms with Gasteiger partial charge >= 0.3 is 0 Å². The maximum Gasteiger partial charge on any atom is 0.231 e. The molecule has 0 aliphatic carbocycles. The average Bonchev–Trinajstić information content (AvgIpc) is 2.97. The lowest BCUT2D eigenvalue weighted by Gasteiger charge is -2.42. The Bertz CT molecular complexity index is 819. The first-order valence-electron chi connectivity index (χ1n) is 7.66. The van der Waals surface area contributed by atoms with Gasteiger partial charge in [-0.3, -0.25) is 0 Å². The Kier molecular flexibility index (Phi) is 3.60. The standard InChI is InChI=1S/C18H16Cl2O4/c1-9-17(10-3-4-12(19)13(20)5-10)11-6-15-16(23-8-22-15)7-14(11)24-18(9,2)21/h3-7,9,17,21H,8H2,1-2H3. The molecule has 0 amide bonds. The molecule has 24 heavy (non-hydrogen) atoms. The molecule has 0 fully saturated rings. The number of hydrogen-bond acceptors (Lipinski definition) is 4. The zero-order valence-corrected chi connectivity index (χ0v) is 14.7. The highest BCUT2D eigenvalue weighted by Crippen LogP contribution is 2.51. The summed E-state index contributed by atoms with van der Waals surface area (Å²) in [6.45, 7) is 3.79. The average molecular weight is 367 g/mol. The van der Waals surface area contributed by atoms with Crippen LogP contribution >= 0.6 is 23.2 Å². The van der Waals surface area contributed by atoms with E-state index in [0.717, 1.165) is 11.1 Å². The van der Waals surface area contributed by atoms with E-state index >= 15 is 0 Å². The van der Waals surface area contributed by atoms with Gasteiger partial charge in [0.15, 0.2) is 11.5 Å². The lowest BCUT2D eigenvalue weighted by molar-refractivity contribution is -0.171. The molecular weight excluding hydrogens is 351 g/mol. The fraction of sp³-hybridized carbons (Fsp3) is 0.333. The van der Waals surface area contributed by atoms with Crippen LogP contribution in [0.4, 0.5) is 0 Å². The summed E-state index contributed by atoms with van der Waals surface area (Å²) in [7, 11) is 0. The van der Waals surface area contributed by atoms with Crippen LogP contribution in [-0.2, 0) is 0 Å². The summed E-state index contributed by atoms with van der Waals surface area (Å²) < 4.78 is 16.7. The summed E-state index contributed by atoms with van der Waals surface area (Å²) in [4.78, 5) is 0. The highest BCUT2D eigenvalue weighted by molar-refractivity contribution is 6.42. The molecule has 2 aromatic carbocycles. The molecule has 0 spiro atoms. The predicted molar refractivity (Wildman–Crippen MR) is 91.3 cm³/mol. The van der Waals surface area contributed by atoms with E-state index < -0.39 is 5.79 Å². The van der Waals surface area contributed by atoms with E-state index in [0.29, 0.717) is 27.3 Å². The summed E-state index contributed by atoms with van der Waals surface area (Å²) in [6, 6.07) is 9.20. The molecule has 1 N–H and O–H groups in total. The minimum atomic E-state index is -1.32. The Hall–Kier alpha value is -1.62. The van der Waals surface area contributed by atoms with Gasteiger partial charge in [0.1, 0.15) is 5.75 Å². The molecule has 2 aromatic rings. The van der Waals surface area contributed by atoms with Gasteiger partial charge in [-0.05, 0) is 23.8 Å². The fourth-order valence-electron chi connectivity index (χ4n) is 3.34. The molecule has 3 unspecified atom stereocenters. The fourth-order valence-corrected chi connectivity index (χ4v) is 3.65. The Balaban J connectivity index is 1.90. The number of aliphatic hydroxyl groups is 1. The lowest BCUT2D eigenvalue weighted by Crippen LogP contribution is -2.45. The molecule has 0 saturated carbocycles. The number of hydrogen-bond donors (Lipinski definition) is 1. The molecule has 3 atom stereocenters. The van der Waals surface area contributed by atoms with Crippen molar-refractivity contribution in [1.29, 1.82) is 0 Å². The van der Waals surface area contributed by atoms with Gasteiger partial charge in [0.05, 0.1) is 10.0 Å². The predicted octanol–water partition coefficient (Wildman–Crippen LogP) is 4.59. The van der Waals surface area contributed by atoms with Crippen molar-refractivity contribution < 1.29 is 19.3 Å². The lowest BCUT2D eigenvalue weighted by atomic mass is 9.75. The van der Waals surface area contributed by atoms with Crippen LogP contribution in [-0.4, -0.2) is 17.7 Å². The van der Waals surface area contributed by atoms with Gasteiger partial charge in [0.2, 0.25) is 12.6 Å². The van der Waals surface area contributed by atoms with Gasteiger partial charge in [-0.2, -0.15) is 0 Å². The third-order valence-electron chi connectivity index (χ3n) is 4.80. The van der Waals surface area contributed by atoms with E-state index in [2.05, 4.69) is 0 Å². The second-order valence-electron chi connectivity index (χ2n) is 6.34. The number of halogens is 2. The van der Waals surface area contributed by atoms with Crippen molar-refractivity contribution in [3.05, 3.63) is 51.5 Å². The maximum atomic E-state index is 10.7. The monoisotopic (exact) mass is 366 g/mol. The van der Waals surface area contributed by atoms with Crippen molar-refractivity contribution in [3.63, 3.8) is 0 Å². The Morgan fingerprint density at radius 1 is 1.04 bits per heavy atom. The van der Waals surface area contributed by atoms with E-state index in [1.54, 1.807) is 19.1 Å². The highest BCUT2D eigenvalue weighted by atomic mass is 35.5. The van der Waals surface area contributed by atoms with Crippen LogP contribution in [0.3, 0.4) is 0 Å². The summed E-state index contributed by atoms with van der Waals surface area (Å²) in [5.74, 6) is 0.231. The first-order valence-corrected chi connectivity index (χ1v) is 8.42. The molecule has 2 aliphatic heterocycles. The van der Waals surface area contributed by atoms with Gasteiger partial charge in [0.25, 0.3) is 0 Å². The zero-order chi connectivity index (χ0) is 17.1. The van der Waals surface area contributed by atoms with Crippen molar-refractivity contribution in [1.82, 2.24) is 0 Å². The van der Waals surface area contributed by atoms with E-state index in [1.807, 2.05) is 25.1 Å². The van der Waals surface area contributed by atoms with Gasteiger partial charge in [-0.1, -0.05) is 36.2 Å². The summed E-state index contributed by atoms with van der Waals surface area (Å²) in [5, 5.41) is 11.7. The minimum absolute atomic E-state index is 0.118. The molecular formula is C18H16Cl2O4. The van der Waals surface area contributed by atoms with Crippen LogP contribution < -0.4 is 14.2 Å². The first kappa shape index (κ1) is 15.9. The van der Waals surface area contributed by atoms with Crippen molar-refractivity contribution >= 4 is 23.2 Å². The zero-order valence-electron chi connectivity index (χ0n) is 13.2. The second kappa shape index (κ2) is 5.45. The van der Waals surface area contributed by atoms with Gasteiger partial charge < -0.3 is 19.3 Å². The Morgan fingerprint density at radius 3 is 2.46 bits per heavy atom. The van der Waals surface area contributed by atoms with Crippen molar-refractivity contribution in [2.24, 2.45) is 5.92 Å². The van der Waals surface area contributed by atoms with Crippen LogP contribution in [0.1, 0.15) is 30.9 Å². The van der Waals surface area contributed by atoms with Gasteiger partial charge in [-0.15, -0.1) is 0 Å². The van der Waals surface area contributed by atoms with Gasteiger partial charge in [-0.25, -0.2) is 0 Å². The SMILES string of the molecule is CC1C(c2ccc(Cl)c(Cl)c2)c2cc3c(cc2OC1(C)O)OCO3. The van der Waals surface area contributed by atoms with E-state index in [9.17, 15) is 5.11 Å². The van der Waals surface area contributed by atoms with E-state index in [1.165, 1.54) is 0 Å². The topological polar surface area (TPSA) is 47.9 Å². The summed E-state index contributed by atoms with van der Waals surface area (Å²) in [5.41, 5.74) is 1.89. The minimum Gasteiger partial charge on any atom is -0.462 e. The molecule has 126 valence electrons. The molecule has 0 saturated heterocycles. The number of benzene rings is 2. The van der Waals surface area contributed by atoms with Crippen LogP contribution in [0.2, 0.25) is 10.0 Å². The van der Waals surface area contributed by atoms with E-state index in [4.69, 9.17) is 37.4 Å². The highest BCUT2D eigenvalue weighted by Gasteiger charge is 2.44. The summed E-state index contributed by atoms with van der Waals surface area (Å²) in [6.07, 6.45) is 0. The molecule has 0 aromatic heterocycles. The van der Waals surface area contributed by atoms with Crippen molar-refractivity contribution in [3.8, 4) is 17.2 Å². The van der Waals surface area contributed by atoms with Gasteiger partial charge in [0, 0.05) is 30.4 Å². The maximum absolute atomic E-state index is 10.7. The molecule has 2 aliphatic rings. The largest absolute Gasteiger partial charge is 0.462 e. The molecule has 6 heteroatoms. The quantitative estimate of drug-likeness (QED) is 0.801. The van der Waals surface area contributed by atoms with E-state index in [-0.39, 0.29) is 18.6 Å². The summed E-state index contributed by atoms with van der Waals surface area (Å²) >= 11 is 12.2. The second-order valence-corrected chi connectivity index (χ2v) is 7.15. The van der Waals surface area contributed by atoms with Crippen LogP contribution in [0.25, 0.3) is 0 Å². The van der Waals surface area contributed by atoms with Crippen molar-refractivity contribution in [2.45, 2.75) is 25.6 Å². The Labute approximate surface area is 149 Å². The molecule has 0 radical (unpaired) electrons. The smallest absolute Gasteiger partial charge is 0.231 e. The third kappa shape index (κ3) is 2.41. The Morgan fingerprint density at radius 2 is 1.75 bits per heavy atom. The third-order valence-corrected chi connectivity index (χ3v) is 5.54.